The summed E-state index contributed by atoms with van der Waals surface area (Å²) in [5.41, 5.74) is -0.0773. The van der Waals surface area contributed by atoms with Crippen LogP contribution in [-0.4, -0.2) is 59.0 Å². The van der Waals surface area contributed by atoms with Gasteiger partial charge in [0.2, 0.25) is 5.91 Å². The molecule has 160 valence electrons. The Kier molecular flexibility index (Phi) is 6.68. The first-order chi connectivity index (χ1) is 12.8. The molecule has 3 aliphatic rings. The van der Waals surface area contributed by atoms with Crippen LogP contribution in [0.1, 0.15) is 46.5 Å². The Morgan fingerprint density at radius 2 is 1.89 bits per heavy atom. The molecule has 2 bridgehead atoms. The van der Waals surface area contributed by atoms with Crippen molar-refractivity contribution in [3.05, 3.63) is 12.2 Å². The lowest BCUT2D eigenvalue weighted by Gasteiger charge is -2.39. The van der Waals surface area contributed by atoms with E-state index in [4.69, 9.17) is 4.74 Å². The Hall–Kier alpha value is -1.77. The first kappa shape index (κ1) is 22.5. The highest BCUT2D eigenvalue weighted by Crippen LogP contribution is 2.40. The molecule has 9 heteroatoms. The summed E-state index contributed by atoms with van der Waals surface area (Å²) in [4.78, 5) is 25.1. The van der Waals surface area contributed by atoms with E-state index in [1.165, 1.54) is 4.90 Å². The molecule has 3 rings (SSSR count). The SMILES string of the molecule is C=C(CNC(=O)OC(C)(C)C)C1CC2CCC([C@H]1O)N(C(=O)CC(F)(F)F)C2. The molecule has 0 aromatic rings. The maximum atomic E-state index is 12.6. The molecule has 1 aliphatic carbocycles. The number of alkyl halides is 3. The zero-order chi connectivity index (χ0) is 21.3. The van der Waals surface area contributed by atoms with Gasteiger partial charge in [-0.05, 0) is 46.0 Å². The second-order valence-corrected chi connectivity index (χ2v) is 8.70. The smallest absolute Gasteiger partial charge is 0.407 e. The van der Waals surface area contributed by atoms with Gasteiger partial charge in [0.25, 0.3) is 0 Å². The van der Waals surface area contributed by atoms with E-state index in [0.717, 1.165) is 6.42 Å². The number of ether oxygens (including phenoxy) is 1. The van der Waals surface area contributed by atoms with Crippen molar-refractivity contribution >= 4 is 12.0 Å². The molecule has 2 saturated heterocycles. The molecular formula is C19H29F3N2O4. The number of piperidine rings is 1. The summed E-state index contributed by atoms with van der Waals surface area (Å²) < 4.78 is 43.0. The molecule has 1 saturated carbocycles. The fourth-order valence-electron chi connectivity index (χ4n) is 3.98. The molecule has 6 nitrogen and oxygen atoms in total. The molecule has 28 heavy (non-hydrogen) atoms. The standard InChI is InChI=1S/C19H29F3N2O4/c1-11(9-23-17(27)28-18(2,3)4)13-7-12-5-6-14(16(13)26)24(10-12)15(25)8-19(20,21)22/h12-14,16,26H,1,5-10H2,2-4H3,(H,23,27)/t12?,13?,14?,16-/m0/s1. The van der Waals surface area contributed by atoms with Crippen molar-refractivity contribution in [2.24, 2.45) is 11.8 Å². The Morgan fingerprint density at radius 1 is 1.25 bits per heavy atom. The number of carbonyl (C=O) groups excluding carboxylic acids is 2. The van der Waals surface area contributed by atoms with E-state index in [1.54, 1.807) is 20.8 Å². The van der Waals surface area contributed by atoms with Crippen molar-refractivity contribution in [2.75, 3.05) is 13.1 Å². The van der Waals surface area contributed by atoms with Gasteiger partial charge in [0, 0.05) is 19.0 Å². The van der Waals surface area contributed by atoms with E-state index < -0.39 is 48.3 Å². The van der Waals surface area contributed by atoms with Crippen LogP contribution in [0.25, 0.3) is 0 Å². The fourth-order valence-corrected chi connectivity index (χ4v) is 3.98. The van der Waals surface area contributed by atoms with Crippen LogP contribution < -0.4 is 5.32 Å². The molecule has 2 heterocycles. The van der Waals surface area contributed by atoms with Gasteiger partial charge in [0.1, 0.15) is 12.0 Å². The van der Waals surface area contributed by atoms with E-state index in [9.17, 15) is 27.9 Å². The van der Waals surface area contributed by atoms with Crippen LogP contribution in [0.3, 0.4) is 0 Å². The Labute approximate surface area is 163 Å². The number of hydrogen-bond donors (Lipinski definition) is 2. The highest BCUT2D eigenvalue weighted by molar-refractivity contribution is 5.77. The second-order valence-electron chi connectivity index (χ2n) is 8.70. The van der Waals surface area contributed by atoms with Crippen molar-refractivity contribution in [1.29, 1.82) is 0 Å². The topological polar surface area (TPSA) is 78.9 Å². The van der Waals surface area contributed by atoms with Crippen LogP contribution in [-0.2, 0) is 9.53 Å². The number of nitrogens with one attached hydrogen (secondary N) is 1. The molecule has 2 aliphatic heterocycles. The van der Waals surface area contributed by atoms with Gasteiger partial charge in [-0.15, -0.1) is 0 Å². The van der Waals surface area contributed by atoms with Crippen LogP contribution >= 0.6 is 0 Å². The Bertz CT molecular complexity index is 615. The molecule has 3 unspecified atom stereocenters. The molecule has 0 aromatic heterocycles. The predicted octanol–water partition coefficient (Wildman–Crippen LogP) is 3.01. The molecule has 2 amide bonds. The van der Waals surface area contributed by atoms with E-state index in [0.29, 0.717) is 18.4 Å². The van der Waals surface area contributed by atoms with E-state index >= 15 is 0 Å². The van der Waals surface area contributed by atoms with Gasteiger partial charge in [0.05, 0.1) is 12.1 Å². The Morgan fingerprint density at radius 3 is 2.46 bits per heavy atom. The number of fused-ring (bicyclic) bond motifs is 4. The third-order valence-electron chi connectivity index (χ3n) is 5.17. The maximum Gasteiger partial charge on any atom is 0.407 e. The minimum atomic E-state index is -4.58. The highest BCUT2D eigenvalue weighted by Gasteiger charge is 2.46. The summed E-state index contributed by atoms with van der Waals surface area (Å²) in [6.07, 6.45) is -6.01. The zero-order valence-electron chi connectivity index (χ0n) is 16.5. The molecule has 0 aromatic carbocycles. The number of carbonyl (C=O) groups is 2. The first-order valence-corrected chi connectivity index (χ1v) is 9.45. The number of rotatable bonds is 4. The fraction of sp³-hybridized carbons (Fsp3) is 0.789. The maximum absolute atomic E-state index is 12.6. The quantitative estimate of drug-likeness (QED) is 0.704. The van der Waals surface area contributed by atoms with E-state index in [1.807, 2.05) is 0 Å². The highest BCUT2D eigenvalue weighted by atomic mass is 19.4. The lowest BCUT2D eigenvalue weighted by Crippen LogP contribution is -2.51. The number of amides is 2. The van der Waals surface area contributed by atoms with Gasteiger partial charge in [-0.2, -0.15) is 13.2 Å². The minimum Gasteiger partial charge on any atom is -0.444 e. The second kappa shape index (κ2) is 8.31. The average molecular weight is 406 g/mol. The largest absolute Gasteiger partial charge is 0.444 e. The number of alkyl carbamates (subject to hydrolysis) is 1. The summed E-state index contributed by atoms with van der Waals surface area (Å²) in [5, 5.41) is 13.4. The predicted molar refractivity (Wildman–Crippen MR) is 96.4 cm³/mol. The van der Waals surface area contributed by atoms with Crippen LogP contribution in [0.2, 0.25) is 0 Å². The van der Waals surface area contributed by atoms with Crippen LogP contribution in [0.5, 0.6) is 0 Å². The number of halogens is 3. The minimum absolute atomic E-state index is 0.00568. The molecule has 3 fully saturated rings. The first-order valence-electron chi connectivity index (χ1n) is 9.45. The van der Waals surface area contributed by atoms with Crippen LogP contribution in [0.4, 0.5) is 18.0 Å². The van der Waals surface area contributed by atoms with Crippen LogP contribution in [0, 0.1) is 11.8 Å². The average Bonchev–Trinajstić information content (AvgIpc) is 2.77. The van der Waals surface area contributed by atoms with Gasteiger partial charge in [-0.3, -0.25) is 4.79 Å². The molecule has 0 radical (unpaired) electrons. The summed E-state index contributed by atoms with van der Waals surface area (Å²) in [5.74, 6) is -1.41. The van der Waals surface area contributed by atoms with E-state index in [2.05, 4.69) is 11.9 Å². The normalized spacial score (nSPS) is 27.9. The van der Waals surface area contributed by atoms with Crippen molar-refractivity contribution in [3.63, 3.8) is 0 Å². The number of nitrogens with zero attached hydrogens (tertiary/aromatic N) is 1. The molecular weight excluding hydrogens is 377 g/mol. The Balaban J connectivity index is 2.02. The lowest BCUT2D eigenvalue weighted by atomic mass is 9.87. The van der Waals surface area contributed by atoms with Gasteiger partial charge in [-0.1, -0.05) is 12.2 Å². The van der Waals surface area contributed by atoms with Gasteiger partial charge in [-0.25, -0.2) is 4.79 Å². The summed E-state index contributed by atoms with van der Waals surface area (Å²) in [7, 11) is 0. The summed E-state index contributed by atoms with van der Waals surface area (Å²) >= 11 is 0. The van der Waals surface area contributed by atoms with Crippen molar-refractivity contribution in [1.82, 2.24) is 10.2 Å². The lowest BCUT2D eigenvalue weighted by molar-refractivity contribution is -0.166. The van der Waals surface area contributed by atoms with Crippen molar-refractivity contribution in [3.8, 4) is 0 Å². The number of aliphatic hydroxyl groups is 1. The number of aliphatic hydroxyl groups excluding tert-OH is 1. The molecule has 4 atom stereocenters. The molecule has 2 N–H and O–H groups in total. The third kappa shape index (κ3) is 6.12. The van der Waals surface area contributed by atoms with Gasteiger partial charge in [0.15, 0.2) is 0 Å². The summed E-state index contributed by atoms with van der Waals surface area (Å²) in [6, 6.07) is -0.670. The zero-order valence-corrected chi connectivity index (χ0v) is 16.5. The van der Waals surface area contributed by atoms with Crippen molar-refractivity contribution < 1.29 is 32.6 Å². The van der Waals surface area contributed by atoms with Crippen LogP contribution in [0.15, 0.2) is 12.2 Å². The van der Waals surface area contributed by atoms with Crippen molar-refractivity contribution in [2.45, 2.75) is 70.4 Å². The molecule has 0 spiro atoms. The van der Waals surface area contributed by atoms with E-state index in [-0.39, 0.29) is 19.0 Å². The monoisotopic (exact) mass is 406 g/mol. The third-order valence-corrected chi connectivity index (χ3v) is 5.17. The summed E-state index contributed by atoms with van der Waals surface area (Å²) in [6.45, 7) is 9.46. The van der Waals surface area contributed by atoms with Gasteiger partial charge < -0.3 is 20.1 Å². The van der Waals surface area contributed by atoms with Gasteiger partial charge >= 0.3 is 12.3 Å². The number of hydrogen-bond acceptors (Lipinski definition) is 4.